The van der Waals surface area contributed by atoms with Gasteiger partial charge in [0.2, 0.25) is 0 Å². The minimum absolute atomic E-state index is 0.0620. The van der Waals surface area contributed by atoms with Crippen molar-refractivity contribution in [1.29, 1.82) is 0 Å². The Morgan fingerprint density at radius 2 is 0.466 bits per heavy atom. The molecule has 6 nitrogen and oxygen atoms in total. The molecule has 0 aliphatic carbocycles. The normalized spacial score (nSPS) is 11.8. The second-order valence-electron chi connectivity index (χ2n) is 17.8. The van der Waals surface area contributed by atoms with E-state index in [-0.39, 0.29) is 31.1 Å². The van der Waals surface area contributed by atoms with Crippen LogP contribution < -0.4 is 0 Å². The van der Waals surface area contributed by atoms with Gasteiger partial charge in [-0.1, -0.05) is 258 Å². The Labute approximate surface area is 361 Å². The van der Waals surface area contributed by atoms with Crippen LogP contribution in [0.2, 0.25) is 0 Å². The van der Waals surface area contributed by atoms with Crippen molar-refractivity contribution in [2.75, 3.05) is 13.2 Å². The number of carbonyl (C=O) groups is 3. The molecule has 0 aromatic heterocycles. The van der Waals surface area contributed by atoms with E-state index in [1.54, 1.807) is 0 Å². The molecule has 0 aromatic carbocycles. The van der Waals surface area contributed by atoms with Gasteiger partial charge in [-0.3, -0.25) is 14.4 Å². The maximum Gasteiger partial charge on any atom is 0.306 e. The van der Waals surface area contributed by atoms with E-state index in [4.69, 9.17) is 14.2 Å². The van der Waals surface area contributed by atoms with E-state index in [1.165, 1.54) is 199 Å². The van der Waals surface area contributed by atoms with E-state index in [1.807, 2.05) is 0 Å². The number of carbonyl (C=O) groups excluding carboxylic acids is 3. The lowest BCUT2D eigenvalue weighted by Gasteiger charge is -2.18. The van der Waals surface area contributed by atoms with E-state index in [9.17, 15) is 14.4 Å². The van der Waals surface area contributed by atoms with E-state index < -0.39 is 6.10 Å². The molecule has 0 aliphatic rings. The van der Waals surface area contributed by atoms with E-state index in [2.05, 4.69) is 20.8 Å². The molecule has 1 atom stereocenters. The van der Waals surface area contributed by atoms with E-state index in [0.29, 0.717) is 19.3 Å². The lowest BCUT2D eigenvalue weighted by atomic mass is 10.0. The molecule has 0 aromatic rings. The number of hydrogen-bond acceptors (Lipinski definition) is 6. The number of rotatable bonds is 48. The van der Waals surface area contributed by atoms with Crippen LogP contribution in [0.15, 0.2) is 0 Å². The highest BCUT2D eigenvalue weighted by atomic mass is 16.6. The molecule has 0 amide bonds. The van der Waals surface area contributed by atoms with Crippen LogP contribution in [0.4, 0.5) is 0 Å². The van der Waals surface area contributed by atoms with Crippen LogP contribution in [0.25, 0.3) is 0 Å². The summed E-state index contributed by atoms with van der Waals surface area (Å²) in [4.78, 5) is 37.8. The Kier molecular flexibility index (Phi) is 46.8. The zero-order valence-corrected chi connectivity index (χ0v) is 39.3. The number of unbranched alkanes of at least 4 members (excludes halogenated alkanes) is 37. The zero-order chi connectivity index (χ0) is 42.3. The van der Waals surface area contributed by atoms with Crippen molar-refractivity contribution in [3.8, 4) is 0 Å². The lowest BCUT2D eigenvalue weighted by Crippen LogP contribution is -2.30. The highest BCUT2D eigenvalue weighted by molar-refractivity contribution is 5.71. The smallest absolute Gasteiger partial charge is 0.306 e. The first-order chi connectivity index (χ1) is 28.5. The highest BCUT2D eigenvalue weighted by Crippen LogP contribution is 2.17. The Morgan fingerprint density at radius 1 is 0.276 bits per heavy atom. The SMILES string of the molecule is CCCCCCCCCCCCCCCCCCCCC(=O)OCC(COC(=O)CCCCCCCCCCC)OC(=O)CCCCCCCCCCCCCCC. The summed E-state index contributed by atoms with van der Waals surface area (Å²) in [6, 6.07) is 0. The molecule has 0 radical (unpaired) electrons. The van der Waals surface area contributed by atoms with Crippen LogP contribution in [0, 0.1) is 0 Å². The van der Waals surface area contributed by atoms with Crippen molar-refractivity contribution in [2.45, 2.75) is 303 Å². The van der Waals surface area contributed by atoms with Crippen LogP contribution in [-0.2, 0) is 28.6 Å². The predicted octanol–water partition coefficient (Wildman–Crippen LogP) is 16.8. The molecule has 6 heteroatoms. The van der Waals surface area contributed by atoms with Crippen LogP contribution in [0.5, 0.6) is 0 Å². The molecule has 1 unspecified atom stereocenters. The molecule has 0 rings (SSSR count). The number of hydrogen-bond donors (Lipinski definition) is 0. The average molecular weight is 821 g/mol. The van der Waals surface area contributed by atoms with Crippen molar-refractivity contribution in [3.63, 3.8) is 0 Å². The molecule has 0 aliphatic heterocycles. The number of esters is 3. The third kappa shape index (κ3) is 45.5. The van der Waals surface area contributed by atoms with Crippen molar-refractivity contribution in [1.82, 2.24) is 0 Å². The lowest BCUT2D eigenvalue weighted by molar-refractivity contribution is -0.167. The number of ether oxygens (including phenoxy) is 3. The Balaban J connectivity index is 4.22. The minimum Gasteiger partial charge on any atom is -0.462 e. The molecular formula is C52H100O6. The summed E-state index contributed by atoms with van der Waals surface area (Å²) >= 11 is 0. The summed E-state index contributed by atoms with van der Waals surface area (Å²) in [5.74, 6) is -0.844. The van der Waals surface area contributed by atoms with Gasteiger partial charge in [0.1, 0.15) is 13.2 Å². The largest absolute Gasteiger partial charge is 0.462 e. The summed E-state index contributed by atoms with van der Waals surface area (Å²) in [5.41, 5.74) is 0. The van der Waals surface area contributed by atoms with Gasteiger partial charge in [0.05, 0.1) is 0 Å². The topological polar surface area (TPSA) is 78.9 Å². The van der Waals surface area contributed by atoms with Crippen LogP contribution in [0.1, 0.15) is 297 Å². The van der Waals surface area contributed by atoms with E-state index in [0.717, 1.165) is 57.8 Å². The zero-order valence-electron chi connectivity index (χ0n) is 39.3. The molecule has 0 N–H and O–H groups in total. The van der Waals surface area contributed by atoms with Gasteiger partial charge < -0.3 is 14.2 Å². The molecule has 0 spiro atoms. The standard InChI is InChI=1S/C52H100O6/c1-4-7-10-13-16-19-21-23-24-25-26-27-29-30-33-36-39-42-45-51(54)57-48-49(47-56-50(53)44-41-38-35-32-18-15-12-9-6-3)58-52(55)46-43-40-37-34-31-28-22-20-17-14-11-8-5-2/h49H,4-48H2,1-3H3. The Morgan fingerprint density at radius 3 is 0.690 bits per heavy atom. The van der Waals surface area contributed by atoms with Crippen LogP contribution >= 0.6 is 0 Å². The first-order valence-corrected chi connectivity index (χ1v) is 26.0. The second-order valence-corrected chi connectivity index (χ2v) is 17.8. The summed E-state index contributed by atoms with van der Waals surface area (Å²) in [6.45, 7) is 6.66. The summed E-state index contributed by atoms with van der Waals surface area (Å²) in [5, 5.41) is 0. The van der Waals surface area contributed by atoms with Gasteiger partial charge >= 0.3 is 17.9 Å². The van der Waals surface area contributed by atoms with Crippen LogP contribution in [0.3, 0.4) is 0 Å². The maximum atomic E-state index is 12.7. The third-order valence-corrected chi connectivity index (χ3v) is 11.9. The summed E-state index contributed by atoms with van der Waals surface area (Å²) < 4.78 is 16.8. The van der Waals surface area contributed by atoms with Gasteiger partial charge in [0, 0.05) is 19.3 Å². The van der Waals surface area contributed by atoms with Gasteiger partial charge in [0.15, 0.2) is 6.10 Å². The molecule has 0 saturated carbocycles. The fourth-order valence-corrected chi connectivity index (χ4v) is 7.92. The van der Waals surface area contributed by atoms with Crippen LogP contribution in [-0.4, -0.2) is 37.2 Å². The monoisotopic (exact) mass is 821 g/mol. The van der Waals surface area contributed by atoms with Gasteiger partial charge in [0.25, 0.3) is 0 Å². The molecule has 58 heavy (non-hydrogen) atoms. The van der Waals surface area contributed by atoms with Gasteiger partial charge in [-0.15, -0.1) is 0 Å². The van der Waals surface area contributed by atoms with Gasteiger partial charge in [-0.2, -0.15) is 0 Å². The Bertz CT molecular complexity index is 859. The first-order valence-electron chi connectivity index (χ1n) is 26.0. The quantitative estimate of drug-likeness (QED) is 0.0346. The first kappa shape index (κ1) is 56.4. The van der Waals surface area contributed by atoms with E-state index >= 15 is 0 Å². The fourth-order valence-electron chi connectivity index (χ4n) is 7.92. The molecule has 0 saturated heterocycles. The molecule has 0 fully saturated rings. The summed E-state index contributed by atoms with van der Waals surface area (Å²) in [6.07, 6.45) is 50.9. The highest BCUT2D eigenvalue weighted by Gasteiger charge is 2.19. The van der Waals surface area contributed by atoms with Crippen molar-refractivity contribution < 1.29 is 28.6 Å². The van der Waals surface area contributed by atoms with Crippen molar-refractivity contribution in [3.05, 3.63) is 0 Å². The van der Waals surface area contributed by atoms with Crippen molar-refractivity contribution >= 4 is 17.9 Å². The van der Waals surface area contributed by atoms with Crippen molar-refractivity contribution in [2.24, 2.45) is 0 Å². The summed E-state index contributed by atoms with van der Waals surface area (Å²) in [7, 11) is 0. The molecule has 344 valence electrons. The second kappa shape index (κ2) is 48.1. The predicted molar refractivity (Wildman–Crippen MR) is 247 cm³/mol. The molecule has 0 heterocycles. The minimum atomic E-state index is -0.759. The van der Waals surface area contributed by atoms with Gasteiger partial charge in [-0.25, -0.2) is 0 Å². The fraction of sp³-hybridized carbons (Fsp3) is 0.942. The van der Waals surface area contributed by atoms with Gasteiger partial charge in [-0.05, 0) is 19.3 Å². The third-order valence-electron chi connectivity index (χ3n) is 11.9. The molecular weight excluding hydrogens is 721 g/mol. The average Bonchev–Trinajstić information content (AvgIpc) is 3.22. The Hall–Kier alpha value is -1.59. The maximum absolute atomic E-state index is 12.7. The molecule has 0 bridgehead atoms.